The third kappa shape index (κ3) is 3.77. The molecule has 1 aliphatic rings. The maximum absolute atomic E-state index is 12.8. The second-order valence-electron chi connectivity index (χ2n) is 7.08. The lowest BCUT2D eigenvalue weighted by Gasteiger charge is -2.04. The average Bonchev–Trinajstić information content (AvgIpc) is 3.35. The van der Waals surface area contributed by atoms with Crippen LogP contribution in [0, 0.1) is 0 Å². The third-order valence-corrected chi connectivity index (χ3v) is 6.12. The number of carbonyl (C=O) groups is 2. The maximum atomic E-state index is 12.8. The minimum absolute atomic E-state index is 0.0573. The smallest absolute Gasteiger partial charge is 0.325 e. The van der Waals surface area contributed by atoms with Crippen LogP contribution < -0.4 is 14.3 Å². The monoisotopic (exact) mass is 434 g/mol. The number of ether oxygens (including phenoxy) is 3. The molecule has 0 radical (unpaired) electrons. The molecular formula is C23H18N2O5S. The molecule has 0 aliphatic carbocycles. The predicted octanol–water partition coefficient (Wildman–Crippen LogP) is 3.43. The fraction of sp³-hybridized carbons (Fsp3) is 0.174. The molecule has 1 amide bonds. The van der Waals surface area contributed by atoms with Gasteiger partial charge in [0.15, 0.2) is 16.3 Å². The van der Waals surface area contributed by atoms with Crippen molar-refractivity contribution in [3.63, 3.8) is 0 Å². The van der Waals surface area contributed by atoms with E-state index in [0.29, 0.717) is 16.3 Å². The summed E-state index contributed by atoms with van der Waals surface area (Å²) in [5, 5.41) is 2.19. The Morgan fingerprint density at radius 3 is 2.65 bits per heavy atom. The molecule has 8 heteroatoms. The van der Waals surface area contributed by atoms with Gasteiger partial charge in [0.25, 0.3) is 5.91 Å². The molecule has 5 rings (SSSR count). The molecule has 1 aromatic heterocycles. The van der Waals surface area contributed by atoms with Gasteiger partial charge in [0.1, 0.15) is 6.54 Å². The van der Waals surface area contributed by atoms with Crippen LogP contribution in [-0.2, 0) is 27.3 Å². The van der Waals surface area contributed by atoms with Crippen LogP contribution in [0.25, 0.3) is 21.0 Å². The number of amides is 1. The summed E-state index contributed by atoms with van der Waals surface area (Å²) in [5.74, 6) is 0.507. The highest BCUT2D eigenvalue weighted by Gasteiger charge is 2.19. The highest BCUT2D eigenvalue weighted by atomic mass is 32.1. The first-order valence-electron chi connectivity index (χ1n) is 9.66. The van der Waals surface area contributed by atoms with Gasteiger partial charge in [-0.15, -0.1) is 0 Å². The quantitative estimate of drug-likeness (QED) is 0.460. The molecule has 0 unspecified atom stereocenters. The molecule has 156 valence electrons. The summed E-state index contributed by atoms with van der Waals surface area (Å²) in [6.07, 6.45) is 0.167. The Hall–Kier alpha value is -3.65. The Bertz CT molecular complexity index is 1400. The van der Waals surface area contributed by atoms with E-state index in [2.05, 4.69) is 4.99 Å². The Labute approximate surface area is 181 Å². The SMILES string of the molecule is COC(=O)Cn1c(=NC(=O)Cc2ccc3ccccc3c2)sc2cc3c(cc21)OCO3. The van der Waals surface area contributed by atoms with Crippen LogP contribution in [0.5, 0.6) is 11.5 Å². The third-order valence-electron chi connectivity index (χ3n) is 5.08. The van der Waals surface area contributed by atoms with Crippen LogP contribution in [0.15, 0.2) is 59.6 Å². The molecule has 7 nitrogen and oxygen atoms in total. The van der Waals surface area contributed by atoms with Crippen molar-refractivity contribution in [2.75, 3.05) is 13.9 Å². The summed E-state index contributed by atoms with van der Waals surface area (Å²) in [7, 11) is 1.33. The van der Waals surface area contributed by atoms with E-state index < -0.39 is 5.97 Å². The lowest BCUT2D eigenvalue weighted by Crippen LogP contribution is -2.22. The minimum atomic E-state index is -0.430. The Morgan fingerprint density at radius 1 is 1.06 bits per heavy atom. The number of rotatable bonds is 4. The number of thiazole rings is 1. The van der Waals surface area contributed by atoms with Crippen molar-refractivity contribution in [1.82, 2.24) is 4.57 Å². The van der Waals surface area contributed by atoms with Gasteiger partial charge in [0.2, 0.25) is 6.79 Å². The number of benzene rings is 3. The van der Waals surface area contributed by atoms with Crippen LogP contribution in [0.4, 0.5) is 0 Å². The molecule has 3 aromatic carbocycles. The lowest BCUT2D eigenvalue weighted by atomic mass is 10.1. The van der Waals surface area contributed by atoms with Crippen molar-refractivity contribution in [3.8, 4) is 11.5 Å². The standard InChI is InChI=1S/C23H18N2O5S/c1-28-22(27)12-25-17-10-18-19(30-13-29-18)11-20(17)31-23(25)24-21(26)9-14-6-7-15-4-2-3-5-16(15)8-14/h2-8,10-11H,9,12-13H2,1H3. The molecule has 0 saturated heterocycles. The fourth-order valence-electron chi connectivity index (χ4n) is 3.56. The van der Waals surface area contributed by atoms with E-state index in [9.17, 15) is 9.59 Å². The summed E-state index contributed by atoms with van der Waals surface area (Å²) in [6, 6.07) is 17.6. The predicted molar refractivity (Wildman–Crippen MR) is 116 cm³/mol. The molecule has 0 saturated carbocycles. The van der Waals surface area contributed by atoms with Gasteiger partial charge in [0, 0.05) is 12.1 Å². The molecule has 0 spiro atoms. The van der Waals surface area contributed by atoms with Crippen molar-refractivity contribution in [3.05, 3.63) is 65.0 Å². The maximum Gasteiger partial charge on any atom is 0.325 e. The van der Waals surface area contributed by atoms with Gasteiger partial charge in [0.05, 0.1) is 23.7 Å². The lowest BCUT2D eigenvalue weighted by molar-refractivity contribution is -0.141. The van der Waals surface area contributed by atoms with Crippen molar-refractivity contribution < 1.29 is 23.8 Å². The van der Waals surface area contributed by atoms with Gasteiger partial charge in [-0.3, -0.25) is 9.59 Å². The van der Waals surface area contributed by atoms with E-state index in [4.69, 9.17) is 14.2 Å². The van der Waals surface area contributed by atoms with E-state index in [-0.39, 0.29) is 25.7 Å². The molecular weight excluding hydrogens is 416 g/mol. The van der Waals surface area contributed by atoms with Crippen molar-refractivity contribution in [2.24, 2.45) is 4.99 Å². The van der Waals surface area contributed by atoms with Crippen LogP contribution in [0.3, 0.4) is 0 Å². The van der Waals surface area contributed by atoms with Crippen LogP contribution in [-0.4, -0.2) is 30.3 Å². The van der Waals surface area contributed by atoms with Crippen LogP contribution in [0.1, 0.15) is 5.56 Å². The van der Waals surface area contributed by atoms with Crippen molar-refractivity contribution >= 4 is 44.2 Å². The van der Waals surface area contributed by atoms with Crippen LogP contribution >= 0.6 is 11.3 Å². The number of carbonyl (C=O) groups excluding carboxylic acids is 2. The van der Waals surface area contributed by atoms with Crippen molar-refractivity contribution in [1.29, 1.82) is 0 Å². The van der Waals surface area contributed by atoms with E-state index in [1.54, 1.807) is 10.6 Å². The highest BCUT2D eigenvalue weighted by molar-refractivity contribution is 7.16. The van der Waals surface area contributed by atoms with E-state index in [1.165, 1.54) is 18.4 Å². The average molecular weight is 434 g/mol. The van der Waals surface area contributed by atoms with Gasteiger partial charge < -0.3 is 18.8 Å². The molecule has 2 heterocycles. The fourth-order valence-corrected chi connectivity index (χ4v) is 4.62. The number of methoxy groups -OCH3 is 1. The normalized spacial score (nSPS) is 13.1. The van der Waals surface area contributed by atoms with Gasteiger partial charge in [-0.2, -0.15) is 4.99 Å². The molecule has 0 bridgehead atoms. The second kappa shape index (κ2) is 7.88. The second-order valence-corrected chi connectivity index (χ2v) is 8.09. The minimum Gasteiger partial charge on any atom is -0.468 e. The summed E-state index contributed by atoms with van der Waals surface area (Å²) >= 11 is 1.32. The Balaban J connectivity index is 1.53. The summed E-state index contributed by atoms with van der Waals surface area (Å²) in [6.45, 7) is 0.101. The highest BCUT2D eigenvalue weighted by Crippen LogP contribution is 2.37. The number of hydrogen-bond donors (Lipinski definition) is 0. The first kappa shape index (κ1) is 19.3. The summed E-state index contributed by atoms with van der Waals surface area (Å²) < 4.78 is 18.2. The van der Waals surface area contributed by atoms with Gasteiger partial charge in [-0.05, 0) is 16.3 Å². The number of aromatic nitrogens is 1. The molecule has 0 atom stereocenters. The Kier molecular flexibility index (Phi) is 4.91. The zero-order valence-corrected chi connectivity index (χ0v) is 17.5. The van der Waals surface area contributed by atoms with Crippen molar-refractivity contribution in [2.45, 2.75) is 13.0 Å². The first-order valence-corrected chi connectivity index (χ1v) is 10.5. The molecule has 4 aromatic rings. The van der Waals surface area contributed by atoms with Gasteiger partial charge >= 0.3 is 5.97 Å². The number of hydrogen-bond acceptors (Lipinski definition) is 6. The zero-order valence-electron chi connectivity index (χ0n) is 16.7. The first-order chi connectivity index (χ1) is 15.1. The molecule has 31 heavy (non-hydrogen) atoms. The van der Waals surface area contributed by atoms with E-state index >= 15 is 0 Å². The zero-order chi connectivity index (χ0) is 21.4. The summed E-state index contributed by atoms with van der Waals surface area (Å²) in [5.41, 5.74) is 1.62. The number of nitrogens with zero attached hydrogens (tertiary/aromatic N) is 2. The van der Waals surface area contributed by atoms with E-state index in [0.717, 1.165) is 26.6 Å². The molecule has 0 fully saturated rings. The Morgan fingerprint density at radius 2 is 1.84 bits per heavy atom. The van der Waals surface area contributed by atoms with E-state index in [1.807, 2.05) is 48.5 Å². The summed E-state index contributed by atoms with van der Waals surface area (Å²) in [4.78, 5) is 29.5. The molecule has 0 N–H and O–H groups in total. The van der Waals surface area contributed by atoms with Crippen LogP contribution in [0.2, 0.25) is 0 Å². The van der Waals surface area contributed by atoms with Gasteiger partial charge in [-0.25, -0.2) is 0 Å². The number of fused-ring (bicyclic) bond motifs is 3. The largest absolute Gasteiger partial charge is 0.468 e. The molecule has 1 aliphatic heterocycles. The van der Waals surface area contributed by atoms with Gasteiger partial charge in [-0.1, -0.05) is 53.8 Å². The number of esters is 1. The topological polar surface area (TPSA) is 79.1 Å².